The van der Waals surface area contributed by atoms with Gasteiger partial charge in [0.1, 0.15) is 6.61 Å². The molecule has 0 aliphatic heterocycles. The quantitative estimate of drug-likeness (QED) is 0.897. The summed E-state index contributed by atoms with van der Waals surface area (Å²) in [5, 5.41) is 3.90. The highest BCUT2D eigenvalue weighted by Crippen LogP contribution is 2.54. The zero-order valence-electron chi connectivity index (χ0n) is 11.1. The normalized spacial score (nSPS) is 39.9. The molecule has 4 aliphatic carbocycles. The Morgan fingerprint density at radius 3 is 2.37 bits per heavy atom. The molecule has 0 radical (unpaired) electrons. The highest BCUT2D eigenvalue weighted by molar-refractivity contribution is 4.99. The lowest BCUT2D eigenvalue weighted by Crippen LogP contribution is -2.49. The molecule has 0 saturated heterocycles. The molecule has 0 spiro atoms. The van der Waals surface area contributed by atoms with E-state index >= 15 is 0 Å². The second kappa shape index (κ2) is 4.56. The van der Waals surface area contributed by atoms with Crippen molar-refractivity contribution in [2.75, 3.05) is 0 Å². The highest BCUT2D eigenvalue weighted by atomic mass is 16.5. The van der Waals surface area contributed by atoms with Gasteiger partial charge in [-0.15, -0.1) is 0 Å². The van der Waals surface area contributed by atoms with E-state index in [-0.39, 0.29) is 0 Å². The number of rotatable bonds is 4. The first-order valence-electron chi connectivity index (χ1n) is 7.45. The van der Waals surface area contributed by atoms with Crippen LogP contribution in [0, 0.1) is 23.7 Å². The summed E-state index contributed by atoms with van der Waals surface area (Å²) in [4.78, 5) is 4.20. The van der Waals surface area contributed by atoms with Crippen molar-refractivity contribution in [2.24, 2.45) is 29.4 Å². The van der Waals surface area contributed by atoms with Crippen LogP contribution in [0.25, 0.3) is 0 Å². The van der Waals surface area contributed by atoms with Crippen molar-refractivity contribution in [2.45, 2.75) is 51.4 Å². The van der Waals surface area contributed by atoms with Crippen LogP contribution in [-0.2, 0) is 17.9 Å². The minimum Gasteiger partial charge on any atom is -0.370 e. The van der Waals surface area contributed by atoms with Crippen LogP contribution in [0.2, 0.25) is 0 Å². The third kappa shape index (κ3) is 2.09. The molecular weight excluding hydrogens is 242 g/mol. The van der Waals surface area contributed by atoms with Crippen LogP contribution < -0.4 is 5.73 Å². The van der Waals surface area contributed by atoms with Crippen molar-refractivity contribution >= 4 is 0 Å². The summed E-state index contributed by atoms with van der Waals surface area (Å²) in [7, 11) is 0. The van der Waals surface area contributed by atoms with Gasteiger partial charge in [-0.2, -0.15) is 4.98 Å². The molecule has 4 saturated carbocycles. The van der Waals surface area contributed by atoms with Gasteiger partial charge in [0, 0.05) is 0 Å². The molecule has 104 valence electrons. The zero-order chi connectivity index (χ0) is 12.8. The van der Waals surface area contributed by atoms with Gasteiger partial charge in [-0.05, 0) is 55.8 Å². The van der Waals surface area contributed by atoms with Gasteiger partial charge >= 0.3 is 0 Å². The summed E-state index contributed by atoms with van der Waals surface area (Å²) in [5.74, 6) is 4.64. The lowest BCUT2D eigenvalue weighted by molar-refractivity contribution is -0.133. The van der Waals surface area contributed by atoms with Gasteiger partial charge in [-0.25, -0.2) is 0 Å². The molecule has 5 heteroatoms. The fourth-order valence-electron chi connectivity index (χ4n) is 4.75. The maximum atomic E-state index is 6.14. The summed E-state index contributed by atoms with van der Waals surface area (Å²) in [6.45, 7) is 0.765. The molecule has 0 amide bonds. The predicted molar refractivity (Wildman–Crippen MR) is 67.8 cm³/mol. The molecule has 5 rings (SSSR count). The molecule has 0 atom stereocenters. The second-order valence-corrected chi connectivity index (χ2v) is 6.51. The average Bonchev–Trinajstić information content (AvgIpc) is 2.85. The van der Waals surface area contributed by atoms with E-state index in [9.17, 15) is 0 Å². The Labute approximate surface area is 112 Å². The van der Waals surface area contributed by atoms with Crippen LogP contribution in [0.15, 0.2) is 4.52 Å². The van der Waals surface area contributed by atoms with Gasteiger partial charge in [-0.1, -0.05) is 5.16 Å². The predicted octanol–water partition coefficient (Wildman–Crippen LogP) is 1.87. The van der Waals surface area contributed by atoms with Gasteiger partial charge < -0.3 is 15.0 Å². The lowest BCUT2D eigenvalue weighted by atomic mass is 9.55. The first-order valence-corrected chi connectivity index (χ1v) is 7.45. The Bertz CT molecular complexity index is 431. The monoisotopic (exact) mass is 263 g/mol. The molecular formula is C14H21N3O2. The van der Waals surface area contributed by atoms with Gasteiger partial charge in [0.2, 0.25) is 5.89 Å². The van der Waals surface area contributed by atoms with E-state index in [4.69, 9.17) is 15.0 Å². The maximum Gasteiger partial charge on any atom is 0.240 e. The molecule has 5 nitrogen and oxygen atoms in total. The van der Waals surface area contributed by atoms with Crippen LogP contribution in [0.5, 0.6) is 0 Å². The van der Waals surface area contributed by atoms with E-state index < -0.39 is 0 Å². The van der Waals surface area contributed by atoms with Crippen molar-refractivity contribution in [1.82, 2.24) is 10.1 Å². The van der Waals surface area contributed by atoms with Crippen LogP contribution in [-0.4, -0.2) is 16.2 Å². The number of nitrogens with two attached hydrogens (primary N) is 1. The Morgan fingerprint density at radius 1 is 1.11 bits per heavy atom. The Balaban J connectivity index is 1.40. The maximum absolute atomic E-state index is 6.14. The fraction of sp³-hybridized carbons (Fsp3) is 0.857. The molecule has 4 fully saturated rings. The summed E-state index contributed by atoms with van der Waals surface area (Å²) in [5.41, 5.74) is 5.46. The lowest BCUT2D eigenvalue weighted by Gasteiger charge is -2.53. The molecule has 4 bridgehead atoms. The van der Waals surface area contributed by atoms with E-state index in [2.05, 4.69) is 10.1 Å². The van der Waals surface area contributed by atoms with Crippen LogP contribution in [0.1, 0.15) is 43.8 Å². The smallest absolute Gasteiger partial charge is 0.240 e. The molecule has 2 N–H and O–H groups in total. The largest absolute Gasteiger partial charge is 0.370 e. The molecule has 0 aromatic carbocycles. The van der Waals surface area contributed by atoms with E-state index in [0.717, 1.165) is 23.7 Å². The molecule has 19 heavy (non-hydrogen) atoms. The van der Waals surface area contributed by atoms with Crippen molar-refractivity contribution in [3.05, 3.63) is 11.7 Å². The van der Waals surface area contributed by atoms with Gasteiger partial charge in [0.25, 0.3) is 0 Å². The van der Waals surface area contributed by atoms with E-state index in [0.29, 0.717) is 31.0 Å². The summed E-state index contributed by atoms with van der Waals surface area (Å²) in [6, 6.07) is 0. The van der Waals surface area contributed by atoms with E-state index in [1.54, 1.807) is 0 Å². The Kier molecular flexibility index (Phi) is 2.84. The Morgan fingerprint density at radius 2 is 1.79 bits per heavy atom. The van der Waals surface area contributed by atoms with Crippen molar-refractivity contribution < 1.29 is 9.26 Å². The molecule has 1 aromatic rings. The summed E-state index contributed by atoms with van der Waals surface area (Å²) in [6.07, 6.45) is 7.39. The van der Waals surface area contributed by atoms with Crippen LogP contribution in [0.3, 0.4) is 0 Å². The standard InChI is InChI=1S/C14H21N3O2/c15-6-13-16-12(17-19-13)7-18-14-10-2-8-1-9(4-10)5-11(14)3-8/h8-11,14H,1-7,15H2. The number of hydrogen-bond donors (Lipinski definition) is 1. The first-order chi connectivity index (χ1) is 9.31. The SMILES string of the molecule is NCc1nc(COC2C3CC4CC(C3)CC2C4)no1. The minimum absolute atomic E-state index is 0.297. The summed E-state index contributed by atoms with van der Waals surface area (Å²) < 4.78 is 11.1. The second-order valence-electron chi connectivity index (χ2n) is 6.51. The molecule has 1 aromatic heterocycles. The van der Waals surface area contributed by atoms with Gasteiger partial charge in [0.15, 0.2) is 5.82 Å². The van der Waals surface area contributed by atoms with Crippen molar-refractivity contribution in [3.63, 3.8) is 0 Å². The van der Waals surface area contributed by atoms with Gasteiger partial charge in [0.05, 0.1) is 12.6 Å². The zero-order valence-corrected chi connectivity index (χ0v) is 11.1. The number of ether oxygens (including phenoxy) is 1. The average molecular weight is 263 g/mol. The molecule has 1 heterocycles. The molecule has 0 unspecified atom stereocenters. The number of hydrogen-bond acceptors (Lipinski definition) is 5. The van der Waals surface area contributed by atoms with E-state index in [1.165, 1.54) is 32.1 Å². The number of aromatic nitrogens is 2. The van der Waals surface area contributed by atoms with Crippen LogP contribution in [0.4, 0.5) is 0 Å². The minimum atomic E-state index is 0.297. The highest BCUT2D eigenvalue weighted by Gasteiger charge is 2.48. The fourth-order valence-corrected chi connectivity index (χ4v) is 4.75. The third-order valence-electron chi connectivity index (χ3n) is 5.23. The van der Waals surface area contributed by atoms with Crippen molar-refractivity contribution in [1.29, 1.82) is 0 Å². The topological polar surface area (TPSA) is 74.2 Å². The molecule has 4 aliphatic rings. The van der Waals surface area contributed by atoms with Gasteiger partial charge in [-0.3, -0.25) is 0 Å². The number of nitrogens with zero attached hydrogens (tertiary/aromatic N) is 2. The summed E-state index contributed by atoms with van der Waals surface area (Å²) >= 11 is 0. The Hall–Kier alpha value is -0.940. The first kappa shape index (κ1) is 11.9. The van der Waals surface area contributed by atoms with E-state index in [1.807, 2.05) is 0 Å². The van der Waals surface area contributed by atoms with Crippen molar-refractivity contribution in [3.8, 4) is 0 Å². The third-order valence-corrected chi connectivity index (χ3v) is 5.23. The van der Waals surface area contributed by atoms with Crippen LogP contribution >= 0.6 is 0 Å².